The van der Waals surface area contributed by atoms with Gasteiger partial charge in [0.2, 0.25) is 0 Å². The van der Waals surface area contributed by atoms with Gasteiger partial charge < -0.3 is 10.2 Å². The van der Waals surface area contributed by atoms with Crippen LogP contribution in [0.25, 0.3) is 0 Å². The van der Waals surface area contributed by atoms with Gasteiger partial charge in [0.1, 0.15) is 0 Å². The lowest BCUT2D eigenvalue weighted by molar-refractivity contribution is 0.0913. The highest BCUT2D eigenvalue weighted by Gasteiger charge is 2.18. The quantitative estimate of drug-likeness (QED) is 0.863. The molecule has 0 aromatic carbocycles. The van der Waals surface area contributed by atoms with Crippen LogP contribution in [0.4, 0.5) is 5.82 Å². The molecule has 1 N–H and O–H groups in total. The normalized spacial score (nSPS) is 15.8. The molecule has 0 unspecified atom stereocenters. The van der Waals surface area contributed by atoms with Gasteiger partial charge in [-0.2, -0.15) is 0 Å². The van der Waals surface area contributed by atoms with Crippen LogP contribution in [0.2, 0.25) is 0 Å². The molecule has 1 saturated heterocycles. The Morgan fingerprint density at radius 2 is 1.89 bits per heavy atom. The Morgan fingerprint density at radius 3 is 2.39 bits per heavy atom. The molecule has 2 rings (SSSR count). The van der Waals surface area contributed by atoms with E-state index in [1.165, 1.54) is 12.8 Å². The Morgan fingerprint density at radius 1 is 1.22 bits per heavy atom. The number of anilines is 1. The number of hydrogen-bond donors (Lipinski definition) is 1. The summed E-state index contributed by atoms with van der Waals surface area (Å²) in [7, 11) is 0. The third kappa shape index (κ3) is 3.18. The van der Waals surface area contributed by atoms with Crippen LogP contribution in [0, 0.1) is 0 Å². The number of rotatable bonds is 2. The molecular formula is C13H20N4O. The molecule has 2 heterocycles. The van der Waals surface area contributed by atoms with Gasteiger partial charge in [-0.25, -0.2) is 0 Å². The fraction of sp³-hybridized carbons (Fsp3) is 0.615. The minimum atomic E-state index is -0.258. The first kappa shape index (κ1) is 12.8. The topological polar surface area (TPSA) is 58.1 Å². The van der Waals surface area contributed by atoms with Gasteiger partial charge in [0, 0.05) is 18.6 Å². The second-order valence-electron chi connectivity index (χ2n) is 5.68. The highest BCUT2D eigenvalue weighted by Crippen LogP contribution is 2.16. The minimum Gasteiger partial charge on any atom is -0.355 e. The van der Waals surface area contributed by atoms with Crippen LogP contribution in [0.15, 0.2) is 12.1 Å². The van der Waals surface area contributed by atoms with E-state index in [1.807, 2.05) is 26.8 Å². The summed E-state index contributed by atoms with van der Waals surface area (Å²) in [5, 5.41) is 11.0. The SMILES string of the molecule is CC(C)(C)NC(=O)c1ccc(N2CCCC2)nn1. The number of nitrogens with zero attached hydrogens (tertiary/aromatic N) is 3. The first-order valence-corrected chi connectivity index (χ1v) is 6.37. The lowest BCUT2D eigenvalue weighted by Gasteiger charge is -2.20. The molecule has 0 bridgehead atoms. The van der Waals surface area contributed by atoms with Gasteiger partial charge in [0.15, 0.2) is 11.5 Å². The zero-order valence-corrected chi connectivity index (χ0v) is 11.2. The van der Waals surface area contributed by atoms with E-state index in [2.05, 4.69) is 20.4 Å². The van der Waals surface area contributed by atoms with Crippen molar-refractivity contribution in [3.8, 4) is 0 Å². The molecule has 1 amide bonds. The smallest absolute Gasteiger partial charge is 0.272 e. The molecule has 0 spiro atoms. The van der Waals surface area contributed by atoms with E-state index in [4.69, 9.17) is 0 Å². The lowest BCUT2D eigenvalue weighted by atomic mass is 10.1. The highest BCUT2D eigenvalue weighted by molar-refractivity contribution is 5.92. The van der Waals surface area contributed by atoms with E-state index in [-0.39, 0.29) is 11.4 Å². The van der Waals surface area contributed by atoms with Gasteiger partial charge in [0.05, 0.1) is 0 Å². The summed E-state index contributed by atoms with van der Waals surface area (Å²) in [5.41, 5.74) is 0.111. The zero-order chi connectivity index (χ0) is 13.2. The summed E-state index contributed by atoms with van der Waals surface area (Å²) in [6.07, 6.45) is 2.40. The molecule has 1 fully saturated rings. The van der Waals surface area contributed by atoms with E-state index < -0.39 is 0 Å². The first-order chi connectivity index (χ1) is 8.46. The monoisotopic (exact) mass is 248 g/mol. The van der Waals surface area contributed by atoms with Gasteiger partial charge in [-0.05, 0) is 45.7 Å². The Bertz CT molecular complexity index is 416. The van der Waals surface area contributed by atoms with E-state index in [0.29, 0.717) is 5.69 Å². The van der Waals surface area contributed by atoms with Crippen LogP contribution in [-0.2, 0) is 0 Å². The summed E-state index contributed by atoms with van der Waals surface area (Å²) in [4.78, 5) is 14.1. The molecule has 1 aromatic rings. The van der Waals surface area contributed by atoms with E-state index in [0.717, 1.165) is 18.9 Å². The zero-order valence-electron chi connectivity index (χ0n) is 11.2. The fourth-order valence-electron chi connectivity index (χ4n) is 1.97. The maximum atomic E-state index is 11.9. The summed E-state index contributed by atoms with van der Waals surface area (Å²) < 4.78 is 0. The molecule has 1 aromatic heterocycles. The predicted octanol–water partition coefficient (Wildman–Crippen LogP) is 1.61. The van der Waals surface area contributed by atoms with E-state index in [1.54, 1.807) is 6.07 Å². The molecule has 5 nitrogen and oxygen atoms in total. The predicted molar refractivity (Wildman–Crippen MR) is 70.7 cm³/mol. The maximum absolute atomic E-state index is 11.9. The largest absolute Gasteiger partial charge is 0.355 e. The van der Waals surface area contributed by atoms with Crippen LogP contribution in [0.3, 0.4) is 0 Å². The molecule has 1 aliphatic rings. The van der Waals surface area contributed by atoms with Crippen LogP contribution in [-0.4, -0.2) is 34.7 Å². The summed E-state index contributed by atoms with van der Waals surface area (Å²) in [5.74, 6) is 0.683. The Hall–Kier alpha value is -1.65. The minimum absolute atomic E-state index is 0.178. The van der Waals surface area contributed by atoms with E-state index in [9.17, 15) is 4.79 Å². The van der Waals surface area contributed by atoms with Crippen molar-refractivity contribution < 1.29 is 4.79 Å². The van der Waals surface area contributed by atoms with Crippen molar-refractivity contribution in [1.82, 2.24) is 15.5 Å². The fourth-order valence-corrected chi connectivity index (χ4v) is 1.97. The second kappa shape index (κ2) is 4.92. The van der Waals surface area contributed by atoms with Crippen molar-refractivity contribution in [2.24, 2.45) is 0 Å². The molecule has 0 atom stereocenters. The number of hydrogen-bond acceptors (Lipinski definition) is 4. The molecule has 5 heteroatoms. The number of carbonyl (C=O) groups is 1. The molecule has 0 saturated carbocycles. The molecule has 1 aliphatic heterocycles. The van der Waals surface area contributed by atoms with Gasteiger partial charge in [0.25, 0.3) is 5.91 Å². The van der Waals surface area contributed by atoms with Gasteiger partial charge in [-0.15, -0.1) is 10.2 Å². The van der Waals surface area contributed by atoms with Gasteiger partial charge in [-0.1, -0.05) is 0 Å². The van der Waals surface area contributed by atoms with Gasteiger partial charge in [-0.3, -0.25) is 4.79 Å². The molecular weight excluding hydrogens is 228 g/mol. The maximum Gasteiger partial charge on any atom is 0.272 e. The molecule has 98 valence electrons. The highest BCUT2D eigenvalue weighted by atomic mass is 16.2. The number of amides is 1. The Balaban J connectivity index is 2.05. The molecule has 0 radical (unpaired) electrons. The second-order valence-corrected chi connectivity index (χ2v) is 5.68. The van der Waals surface area contributed by atoms with Crippen LogP contribution in [0.1, 0.15) is 44.1 Å². The molecule has 18 heavy (non-hydrogen) atoms. The van der Waals surface area contributed by atoms with Crippen LogP contribution < -0.4 is 10.2 Å². The van der Waals surface area contributed by atoms with Crippen molar-refractivity contribution in [1.29, 1.82) is 0 Å². The van der Waals surface area contributed by atoms with Crippen molar-refractivity contribution in [3.05, 3.63) is 17.8 Å². The first-order valence-electron chi connectivity index (χ1n) is 6.37. The average molecular weight is 248 g/mol. The summed E-state index contributed by atoms with van der Waals surface area (Å²) in [6.45, 7) is 7.88. The summed E-state index contributed by atoms with van der Waals surface area (Å²) >= 11 is 0. The Labute approximate surface area is 108 Å². The third-order valence-electron chi connectivity index (χ3n) is 2.80. The van der Waals surface area contributed by atoms with Crippen LogP contribution in [0.5, 0.6) is 0 Å². The number of carbonyl (C=O) groups excluding carboxylic acids is 1. The average Bonchev–Trinajstić information content (AvgIpc) is 2.80. The van der Waals surface area contributed by atoms with E-state index >= 15 is 0 Å². The lowest BCUT2D eigenvalue weighted by Crippen LogP contribution is -2.41. The van der Waals surface area contributed by atoms with Crippen molar-refractivity contribution in [2.45, 2.75) is 39.2 Å². The standard InChI is InChI=1S/C13H20N4O/c1-13(2,3)14-12(18)10-6-7-11(16-15-10)17-8-4-5-9-17/h6-7H,4-5,8-9H2,1-3H3,(H,14,18). The number of nitrogens with one attached hydrogen (secondary N) is 1. The van der Waals surface area contributed by atoms with Crippen molar-refractivity contribution in [2.75, 3.05) is 18.0 Å². The Kier molecular flexibility index (Phi) is 3.50. The van der Waals surface area contributed by atoms with Crippen LogP contribution >= 0.6 is 0 Å². The molecule has 0 aliphatic carbocycles. The van der Waals surface area contributed by atoms with Gasteiger partial charge >= 0.3 is 0 Å². The summed E-state index contributed by atoms with van der Waals surface area (Å²) in [6, 6.07) is 3.61. The van der Waals surface area contributed by atoms with Crippen molar-refractivity contribution >= 4 is 11.7 Å². The van der Waals surface area contributed by atoms with Crippen molar-refractivity contribution in [3.63, 3.8) is 0 Å². The number of aromatic nitrogens is 2. The third-order valence-corrected chi connectivity index (χ3v) is 2.80.